The standard InChI is InChI=1S/C13H17ClO/c1-13(2,3)11-7-5-4-6-10(11)12(15)8-9-14/h4-7H,8-9H2,1-3H3. The largest absolute Gasteiger partial charge is 0.294 e. The minimum absolute atomic E-state index is 0.00142. The van der Waals surface area contributed by atoms with Crippen LogP contribution in [0.1, 0.15) is 43.1 Å². The van der Waals surface area contributed by atoms with Gasteiger partial charge in [-0.15, -0.1) is 11.6 Å². The van der Waals surface area contributed by atoms with E-state index in [1.165, 1.54) is 0 Å². The summed E-state index contributed by atoms with van der Waals surface area (Å²) in [6, 6.07) is 7.77. The van der Waals surface area contributed by atoms with Crippen LogP contribution in [0.3, 0.4) is 0 Å². The van der Waals surface area contributed by atoms with Crippen LogP contribution in [-0.2, 0) is 5.41 Å². The Morgan fingerprint density at radius 3 is 2.40 bits per heavy atom. The van der Waals surface area contributed by atoms with Crippen molar-refractivity contribution in [3.05, 3.63) is 35.4 Å². The molecule has 2 heteroatoms. The third-order valence-electron chi connectivity index (χ3n) is 2.36. The average Bonchev–Trinajstić information content (AvgIpc) is 2.17. The second-order valence-electron chi connectivity index (χ2n) is 4.66. The number of rotatable bonds is 3. The first-order valence-corrected chi connectivity index (χ1v) is 5.69. The van der Waals surface area contributed by atoms with Gasteiger partial charge in [-0.05, 0) is 11.0 Å². The molecule has 0 unspecified atom stereocenters. The number of hydrogen-bond acceptors (Lipinski definition) is 1. The molecule has 1 rings (SSSR count). The van der Waals surface area contributed by atoms with Crippen molar-refractivity contribution in [1.29, 1.82) is 0 Å². The van der Waals surface area contributed by atoms with E-state index < -0.39 is 0 Å². The molecule has 0 aliphatic heterocycles. The molecule has 1 nitrogen and oxygen atoms in total. The number of halogens is 1. The van der Waals surface area contributed by atoms with Crippen molar-refractivity contribution in [3.63, 3.8) is 0 Å². The highest BCUT2D eigenvalue weighted by molar-refractivity contribution is 6.19. The van der Waals surface area contributed by atoms with Gasteiger partial charge in [-0.25, -0.2) is 0 Å². The summed E-state index contributed by atoms with van der Waals surface area (Å²) in [5.41, 5.74) is 1.91. The van der Waals surface area contributed by atoms with Crippen LogP contribution < -0.4 is 0 Å². The molecule has 0 bridgehead atoms. The van der Waals surface area contributed by atoms with E-state index in [-0.39, 0.29) is 11.2 Å². The third kappa shape index (κ3) is 3.07. The van der Waals surface area contributed by atoms with Crippen LogP contribution in [0.15, 0.2) is 24.3 Å². The first-order valence-electron chi connectivity index (χ1n) is 5.15. The Morgan fingerprint density at radius 1 is 1.27 bits per heavy atom. The summed E-state index contributed by atoms with van der Waals surface area (Å²) in [7, 11) is 0. The SMILES string of the molecule is CC(C)(C)c1ccccc1C(=O)CCCl. The van der Waals surface area contributed by atoms with E-state index >= 15 is 0 Å². The molecule has 15 heavy (non-hydrogen) atoms. The molecule has 0 aliphatic rings. The van der Waals surface area contributed by atoms with Gasteiger partial charge in [-0.2, -0.15) is 0 Å². The quantitative estimate of drug-likeness (QED) is 0.564. The fraction of sp³-hybridized carbons (Fsp3) is 0.462. The maximum Gasteiger partial charge on any atom is 0.164 e. The lowest BCUT2D eigenvalue weighted by atomic mass is 9.82. The Balaban J connectivity index is 3.12. The Morgan fingerprint density at radius 2 is 1.87 bits per heavy atom. The molecule has 1 aromatic rings. The zero-order valence-electron chi connectivity index (χ0n) is 9.51. The normalized spacial score (nSPS) is 11.5. The van der Waals surface area contributed by atoms with Gasteiger partial charge in [0, 0.05) is 17.9 Å². The fourth-order valence-electron chi connectivity index (χ4n) is 1.60. The Labute approximate surface area is 96.5 Å². The maximum absolute atomic E-state index is 11.8. The van der Waals surface area contributed by atoms with Gasteiger partial charge in [0.1, 0.15) is 0 Å². The van der Waals surface area contributed by atoms with Gasteiger partial charge in [0.05, 0.1) is 0 Å². The molecule has 0 aromatic heterocycles. The van der Waals surface area contributed by atoms with Crippen LogP contribution >= 0.6 is 11.6 Å². The fourth-order valence-corrected chi connectivity index (χ4v) is 1.77. The highest BCUT2D eigenvalue weighted by Crippen LogP contribution is 2.26. The molecule has 0 aliphatic carbocycles. The summed E-state index contributed by atoms with van der Waals surface area (Å²) in [6.45, 7) is 6.33. The Hall–Kier alpha value is -0.820. The number of carbonyl (C=O) groups excluding carboxylic acids is 1. The van der Waals surface area contributed by atoms with E-state index in [9.17, 15) is 4.79 Å². The predicted octanol–water partition coefficient (Wildman–Crippen LogP) is 3.80. The molecule has 0 atom stereocenters. The molecule has 0 saturated carbocycles. The summed E-state index contributed by atoms with van der Waals surface area (Å²) in [4.78, 5) is 11.8. The Kier molecular flexibility index (Phi) is 3.92. The van der Waals surface area contributed by atoms with E-state index in [2.05, 4.69) is 20.8 Å². The molecule has 0 radical (unpaired) electrons. The van der Waals surface area contributed by atoms with Crippen LogP contribution in [-0.4, -0.2) is 11.7 Å². The van der Waals surface area contributed by atoms with Crippen LogP contribution in [0.2, 0.25) is 0 Å². The number of ketones is 1. The molecule has 0 heterocycles. The van der Waals surface area contributed by atoms with Gasteiger partial charge in [0.2, 0.25) is 0 Å². The topological polar surface area (TPSA) is 17.1 Å². The molecule has 0 fully saturated rings. The van der Waals surface area contributed by atoms with Crippen molar-refractivity contribution in [3.8, 4) is 0 Å². The van der Waals surface area contributed by atoms with Gasteiger partial charge >= 0.3 is 0 Å². The first-order chi connectivity index (χ1) is 6.96. The van der Waals surface area contributed by atoms with E-state index in [0.29, 0.717) is 12.3 Å². The van der Waals surface area contributed by atoms with E-state index in [0.717, 1.165) is 11.1 Å². The molecule has 0 N–H and O–H groups in total. The summed E-state index contributed by atoms with van der Waals surface area (Å²) in [6.07, 6.45) is 0.411. The van der Waals surface area contributed by atoms with E-state index in [1.54, 1.807) is 0 Å². The number of benzene rings is 1. The van der Waals surface area contributed by atoms with Gasteiger partial charge in [0.15, 0.2) is 5.78 Å². The second kappa shape index (κ2) is 4.80. The summed E-state index contributed by atoms with van der Waals surface area (Å²) < 4.78 is 0. The minimum atomic E-state index is -0.00142. The molecule has 1 aromatic carbocycles. The van der Waals surface area contributed by atoms with Gasteiger partial charge in [0.25, 0.3) is 0 Å². The van der Waals surface area contributed by atoms with E-state index in [4.69, 9.17) is 11.6 Å². The average molecular weight is 225 g/mol. The van der Waals surface area contributed by atoms with Gasteiger partial charge in [-0.1, -0.05) is 45.0 Å². The number of hydrogen-bond donors (Lipinski definition) is 0. The van der Waals surface area contributed by atoms with Crippen molar-refractivity contribution in [2.75, 3.05) is 5.88 Å². The van der Waals surface area contributed by atoms with Crippen molar-refractivity contribution < 1.29 is 4.79 Å². The lowest BCUT2D eigenvalue weighted by molar-refractivity contribution is 0.0987. The zero-order valence-corrected chi connectivity index (χ0v) is 10.3. The molecule has 82 valence electrons. The van der Waals surface area contributed by atoms with Crippen LogP contribution in [0, 0.1) is 0 Å². The molecule has 0 saturated heterocycles. The number of Topliss-reactive ketones (excluding diaryl/α,β-unsaturated/α-hetero) is 1. The zero-order chi connectivity index (χ0) is 11.5. The lowest BCUT2D eigenvalue weighted by Crippen LogP contribution is -2.17. The van der Waals surface area contributed by atoms with Crippen LogP contribution in [0.4, 0.5) is 0 Å². The van der Waals surface area contributed by atoms with Crippen LogP contribution in [0.5, 0.6) is 0 Å². The summed E-state index contributed by atoms with van der Waals surface area (Å²) >= 11 is 5.59. The Bertz CT molecular complexity index is 350. The lowest BCUT2D eigenvalue weighted by Gasteiger charge is -2.22. The molecular formula is C13H17ClO. The first kappa shape index (κ1) is 12.3. The number of carbonyl (C=O) groups is 1. The van der Waals surface area contributed by atoms with Crippen molar-refractivity contribution >= 4 is 17.4 Å². The van der Waals surface area contributed by atoms with Gasteiger partial charge < -0.3 is 0 Å². The second-order valence-corrected chi connectivity index (χ2v) is 5.04. The predicted molar refractivity (Wildman–Crippen MR) is 64.8 cm³/mol. The highest BCUT2D eigenvalue weighted by atomic mass is 35.5. The van der Waals surface area contributed by atoms with Crippen LogP contribution in [0.25, 0.3) is 0 Å². The molecule has 0 amide bonds. The maximum atomic E-state index is 11.8. The highest BCUT2D eigenvalue weighted by Gasteiger charge is 2.20. The minimum Gasteiger partial charge on any atom is -0.294 e. The van der Waals surface area contributed by atoms with Gasteiger partial charge in [-0.3, -0.25) is 4.79 Å². The summed E-state index contributed by atoms with van der Waals surface area (Å²) in [5, 5.41) is 0. The smallest absolute Gasteiger partial charge is 0.164 e. The van der Waals surface area contributed by atoms with Crippen molar-refractivity contribution in [2.24, 2.45) is 0 Å². The summed E-state index contributed by atoms with van der Waals surface area (Å²) in [5.74, 6) is 0.521. The third-order valence-corrected chi connectivity index (χ3v) is 2.55. The molecular weight excluding hydrogens is 208 g/mol. The van der Waals surface area contributed by atoms with E-state index in [1.807, 2.05) is 24.3 Å². The number of alkyl halides is 1. The van der Waals surface area contributed by atoms with Crippen molar-refractivity contribution in [2.45, 2.75) is 32.6 Å². The molecule has 0 spiro atoms. The monoisotopic (exact) mass is 224 g/mol. The van der Waals surface area contributed by atoms with Crippen molar-refractivity contribution in [1.82, 2.24) is 0 Å².